The smallest absolute Gasteiger partial charge is 0.317 e. The van der Waals surface area contributed by atoms with Crippen molar-refractivity contribution in [3.8, 4) is 0 Å². The first-order chi connectivity index (χ1) is 7.29. The zero-order valence-electron chi connectivity index (χ0n) is 9.46. The van der Waals surface area contributed by atoms with Crippen molar-refractivity contribution in [2.45, 2.75) is 32.2 Å². The Balaban J connectivity index is 1.92. The molecule has 2 heterocycles. The number of rotatable bonds is 2. The van der Waals surface area contributed by atoms with Gasteiger partial charge in [0, 0.05) is 19.1 Å². The quantitative estimate of drug-likeness (QED) is 0.709. The maximum Gasteiger partial charge on any atom is 0.317 e. The Bertz CT molecular complexity index is 226. The van der Waals surface area contributed by atoms with Crippen LogP contribution in [0.15, 0.2) is 0 Å². The van der Waals surface area contributed by atoms with E-state index in [0.29, 0.717) is 12.0 Å². The summed E-state index contributed by atoms with van der Waals surface area (Å²) < 4.78 is 0. The van der Waals surface area contributed by atoms with Crippen molar-refractivity contribution < 1.29 is 4.79 Å². The van der Waals surface area contributed by atoms with Gasteiger partial charge >= 0.3 is 6.03 Å². The molecule has 2 unspecified atom stereocenters. The Morgan fingerprint density at radius 3 is 2.93 bits per heavy atom. The molecule has 86 valence electrons. The second-order valence-corrected chi connectivity index (χ2v) is 4.63. The molecule has 4 heteroatoms. The molecule has 0 aliphatic carbocycles. The summed E-state index contributed by atoms with van der Waals surface area (Å²) in [5.74, 6) is 0.627. The summed E-state index contributed by atoms with van der Waals surface area (Å²) in [6, 6.07) is 0.498. The Hall–Kier alpha value is -0.770. The standard InChI is InChI=1S/C11H21N3O/c1-9(10-4-2-5-12-8-10)14-7-3-6-13-11(14)15/h9-10,12H,2-8H2,1H3,(H,13,15). The highest BCUT2D eigenvalue weighted by atomic mass is 16.2. The molecule has 2 fully saturated rings. The van der Waals surface area contributed by atoms with E-state index in [2.05, 4.69) is 17.6 Å². The lowest BCUT2D eigenvalue weighted by molar-refractivity contribution is 0.132. The van der Waals surface area contributed by atoms with E-state index in [1.807, 2.05) is 4.90 Å². The van der Waals surface area contributed by atoms with Crippen molar-refractivity contribution in [1.29, 1.82) is 0 Å². The predicted octanol–water partition coefficient (Wildman–Crippen LogP) is 0.790. The molecule has 0 spiro atoms. The zero-order chi connectivity index (χ0) is 10.7. The number of nitrogens with zero attached hydrogens (tertiary/aromatic N) is 1. The Morgan fingerprint density at radius 1 is 1.40 bits per heavy atom. The second-order valence-electron chi connectivity index (χ2n) is 4.63. The molecule has 0 radical (unpaired) electrons. The summed E-state index contributed by atoms with van der Waals surface area (Å²) in [6.07, 6.45) is 3.57. The molecule has 0 aromatic heterocycles. The predicted molar refractivity (Wildman–Crippen MR) is 59.8 cm³/mol. The molecular formula is C11H21N3O. The topological polar surface area (TPSA) is 44.4 Å². The first-order valence-corrected chi connectivity index (χ1v) is 6.04. The third-order valence-corrected chi connectivity index (χ3v) is 3.62. The fraction of sp³-hybridized carbons (Fsp3) is 0.909. The average Bonchev–Trinajstić information content (AvgIpc) is 2.30. The highest BCUT2D eigenvalue weighted by Gasteiger charge is 2.29. The molecule has 2 aliphatic rings. The highest BCUT2D eigenvalue weighted by molar-refractivity contribution is 5.75. The van der Waals surface area contributed by atoms with Gasteiger partial charge in [0.05, 0.1) is 0 Å². The van der Waals surface area contributed by atoms with Crippen LogP contribution < -0.4 is 10.6 Å². The lowest BCUT2D eigenvalue weighted by atomic mass is 9.91. The fourth-order valence-electron chi connectivity index (χ4n) is 2.58. The van der Waals surface area contributed by atoms with Crippen molar-refractivity contribution in [3.05, 3.63) is 0 Å². The van der Waals surface area contributed by atoms with Crippen LogP contribution in [0.1, 0.15) is 26.2 Å². The molecule has 2 rings (SSSR count). The van der Waals surface area contributed by atoms with Crippen LogP contribution >= 0.6 is 0 Å². The number of carbonyl (C=O) groups excluding carboxylic acids is 1. The van der Waals surface area contributed by atoms with Crippen LogP contribution in [0.5, 0.6) is 0 Å². The van der Waals surface area contributed by atoms with Crippen LogP contribution in [-0.4, -0.2) is 43.2 Å². The van der Waals surface area contributed by atoms with Gasteiger partial charge in [-0.05, 0) is 45.2 Å². The number of piperidine rings is 1. The van der Waals surface area contributed by atoms with E-state index in [9.17, 15) is 4.79 Å². The first kappa shape index (κ1) is 10.7. The molecule has 0 aromatic rings. The van der Waals surface area contributed by atoms with Crippen LogP contribution in [0, 0.1) is 5.92 Å². The van der Waals surface area contributed by atoms with Gasteiger partial charge in [-0.3, -0.25) is 0 Å². The molecule has 2 atom stereocenters. The van der Waals surface area contributed by atoms with E-state index in [-0.39, 0.29) is 6.03 Å². The minimum Gasteiger partial charge on any atom is -0.338 e. The molecule has 4 nitrogen and oxygen atoms in total. The van der Waals surface area contributed by atoms with E-state index >= 15 is 0 Å². The van der Waals surface area contributed by atoms with E-state index in [0.717, 1.165) is 32.6 Å². The molecule has 2 amide bonds. The molecule has 2 N–H and O–H groups in total. The van der Waals surface area contributed by atoms with Gasteiger partial charge in [-0.15, -0.1) is 0 Å². The van der Waals surface area contributed by atoms with Gasteiger partial charge in [-0.1, -0.05) is 0 Å². The lowest BCUT2D eigenvalue weighted by Crippen LogP contribution is -2.54. The minimum atomic E-state index is 0.124. The molecule has 0 saturated carbocycles. The average molecular weight is 211 g/mol. The summed E-state index contributed by atoms with van der Waals surface area (Å²) in [6.45, 7) is 6.14. The van der Waals surface area contributed by atoms with Crippen LogP contribution in [0.25, 0.3) is 0 Å². The number of nitrogens with one attached hydrogen (secondary N) is 2. The van der Waals surface area contributed by atoms with E-state index < -0.39 is 0 Å². The Morgan fingerprint density at radius 2 is 2.27 bits per heavy atom. The molecule has 2 saturated heterocycles. The minimum absolute atomic E-state index is 0.124. The molecule has 0 aromatic carbocycles. The number of hydrogen-bond acceptors (Lipinski definition) is 2. The van der Waals surface area contributed by atoms with Crippen LogP contribution in [0.2, 0.25) is 0 Å². The maximum atomic E-state index is 11.7. The van der Waals surface area contributed by atoms with Gasteiger partial charge in [0.1, 0.15) is 0 Å². The van der Waals surface area contributed by atoms with Gasteiger partial charge in [-0.25, -0.2) is 4.79 Å². The SMILES string of the molecule is CC(C1CCCNC1)N1CCCNC1=O. The summed E-state index contributed by atoms with van der Waals surface area (Å²) in [4.78, 5) is 13.7. The van der Waals surface area contributed by atoms with Gasteiger partial charge in [0.25, 0.3) is 0 Å². The summed E-state index contributed by atoms with van der Waals surface area (Å²) in [7, 11) is 0. The molecule has 0 bridgehead atoms. The number of amides is 2. The van der Waals surface area contributed by atoms with Crippen molar-refractivity contribution >= 4 is 6.03 Å². The number of carbonyl (C=O) groups is 1. The number of urea groups is 1. The third-order valence-electron chi connectivity index (χ3n) is 3.62. The Kier molecular flexibility index (Phi) is 3.46. The highest BCUT2D eigenvalue weighted by Crippen LogP contribution is 2.20. The molecule has 15 heavy (non-hydrogen) atoms. The van der Waals surface area contributed by atoms with Crippen LogP contribution in [0.4, 0.5) is 4.79 Å². The summed E-state index contributed by atoms with van der Waals surface area (Å²) in [5, 5.41) is 6.33. The van der Waals surface area contributed by atoms with Gasteiger partial charge in [0.2, 0.25) is 0 Å². The van der Waals surface area contributed by atoms with Gasteiger partial charge < -0.3 is 15.5 Å². The molecule has 2 aliphatic heterocycles. The first-order valence-electron chi connectivity index (χ1n) is 6.04. The summed E-state index contributed by atoms with van der Waals surface area (Å²) >= 11 is 0. The maximum absolute atomic E-state index is 11.7. The van der Waals surface area contributed by atoms with Crippen molar-refractivity contribution in [2.75, 3.05) is 26.2 Å². The largest absolute Gasteiger partial charge is 0.338 e. The Labute approximate surface area is 91.4 Å². The van der Waals surface area contributed by atoms with Gasteiger partial charge in [-0.2, -0.15) is 0 Å². The monoisotopic (exact) mass is 211 g/mol. The van der Waals surface area contributed by atoms with E-state index in [1.165, 1.54) is 12.8 Å². The van der Waals surface area contributed by atoms with Crippen LogP contribution in [0.3, 0.4) is 0 Å². The zero-order valence-corrected chi connectivity index (χ0v) is 9.46. The van der Waals surface area contributed by atoms with E-state index in [1.54, 1.807) is 0 Å². The normalized spacial score (nSPS) is 29.8. The van der Waals surface area contributed by atoms with Crippen molar-refractivity contribution in [1.82, 2.24) is 15.5 Å². The van der Waals surface area contributed by atoms with E-state index in [4.69, 9.17) is 0 Å². The van der Waals surface area contributed by atoms with Crippen LogP contribution in [-0.2, 0) is 0 Å². The lowest BCUT2D eigenvalue weighted by Gasteiger charge is -2.38. The number of hydrogen-bond donors (Lipinski definition) is 2. The van der Waals surface area contributed by atoms with Crippen molar-refractivity contribution in [2.24, 2.45) is 5.92 Å². The fourth-order valence-corrected chi connectivity index (χ4v) is 2.58. The summed E-state index contributed by atoms with van der Waals surface area (Å²) in [5.41, 5.74) is 0. The van der Waals surface area contributed by atoms with Gasteiger partial charge in [0.15, 0.2) is 0 Å². The second kappa shape index (κ2) is 4.84. The third kappa shape index (κ3) is 2.43. The van der Waals surface area contributed by atoms with Crippen molar-refractivity contribution in [3.63, 3.8) is 0 Å². The molecular weight excluding hydrogens is 190 g/mol.